The zero-order chi connectivity index (χ0) is 20.0. The van der Waals surface area contributed by atoms with Crippen LogP contribution in [0.25, 0.3) is 0 Å². The van der Waals surface area contributed by atoms with Gasteiger partial charge < -0.3 is 9.47 Å². The summed E-state index contributed by atoms with van der Waals surface area (Å²) in [7, 11) is -1.17. The molecule has 6 nitrogen and oxygen atoms in total. The Labute approximate surface area is 160 Å². The number of sulfonamides is 1. The van der Waals surface area contributed by atoms with Gasteiger partial charge in [0, 0.05) is 6.54 Å². The van der Waals surface area contributed by atoms with Crippen LogP contribution in [-0.4, -0.2) is 39.0 Å². The maximum absolute atomic E-state index is 13.4. The lowest BCUT2D eigenvalue weighted by Gasteiger charge is -2.31. The molecule has 7 heteroatoms. The van der Waals surface area contributed by atoms with Crippen molar-refractivity contribution < 1.29 is 22.7 Å². The summed E-state index contributed by atoms with van der Waals surface area (Å²) in [5.41, 5.74) is 0.782. The van der Waals surface area contributed by atoms with Crippen molar-refractivity contribution in [2.24, 2.45) is 5.92 Å². The molecule has 1 atom stereocenters. The molecule has 0 bridgehead atoms. The van der Waals surface area contributed by atoms with E-state index in [4.69, 9.17) is 9.47 Å². The molecule has 0 spiro atoms. The van der Waals surface area contributed by atoms with Crippen molar-refractivity contribution in [2.45, 2.75) is 31.3 Å². The van der Waals surface area contributed by atoms with Crippen LogP contribution in [0.3, 0.4) is 0 Å². The predicted octanol–water partition coefficient (Wildman–Crippen LogP) is 3.08. The number of benzene rings is 2. The summed E-state index contributed by atoms with van der Waals surface area (Å²) in [5, 5.41) is 0. The molecule has 0 aliphatic heterocycles. The van der Waals surface area contributed by atoms with Crippen LogP contribution in [0, 0.1) is 5.92 Å². The molecule has 2 rings (SSSR count). The first-order chi connectivity index (χ1) is 12.8. The first-order valence-corrected chi connectivity index (χ1v) is 10.0. The third kappa shape index (κ3) is 4.87. The maximum atomic E-state index is 13.4. The van der Waals surface area contributed by atoms with Crippen molar-refractivity contribution in [3.63, 3.8) is 0 Å². The number of methoxy groups -OCH3 is 2. The average molecular weight is 391 g/mol. The first-order valence-electron chi connectivity index (χ1n) is 8.59. The van der Waals surface area contributed by atoms with Gasteiger partial charge >= 0.3 is 5.97 Å². The van der Waals surface area contributed by atoms with E-state index in [1.54, 1.807) is 26.0 Å². The summed E-state index contributed by atoms with van der Waals surface area (Å²) in [6.45, 7) is 3.65. The van der Waals surface area contributed by atoms with Gasteiger partial charge in [-0.1, -0.05) is 44.2 Å². The lowest BCUT2D eigenvalue weighted by atomic mass is 10.0. The second kappa shape index (κ2) is 9.01. The van der Waals surface area contributed by atoms with Crippen LogP contribution in [0.15, 0.2) is 59.5 Å². The summed E-state index contributed by atoms with van der Waals surface area (Å²) in [5.74, 6) is -0.302. The summed E-state index contributed by atoms with van der Waals surface area (Å²) in [6.07, 6.45) is 0. The van der Waals surface area contributed by atoms with E-state index < -0.39 is 22.0 Å². The molecule has 0 amide bonds. The maximum Gasteiger partial charge on any atom is 0.324 e. The van der Waals surface area contributed by atoms with E-state index in [1.165, 1.54) is 30.7 Å². The van der Waals surface area contributed by atoms with Crippen LogP contribution >= 0.6 is 0 Å². The molecule has 0 saturated heterocycles. The van der Waals surface area contributed by atoms with E-state index in [0.717, 1.165) is 5.56 Å². The molecule has 0 saturated carbocycles. The van der Waals surface area contributed by atoms with Gasteiger partial charge in [-0.3, -0.25) is 4.79 Å². The fourth-order valence-corrected chi connectivity index (χ4v) is 4.52. The van der Waals surface area contributed by atoms with Crippen LogP contribution in [0.1, 0.15) is 19.4 Å². The van der Waals surface area contributed by atoms with Crippen molar-refractivity contribution in [1.82, 2.24) is 4.31 Å². The average Bonchev–Trinajstić information content (AvgIpc) is 2.67. The van der Waals surface area contributed by atoms with Crippen molar-refractivity contribution in [3.8, 4) is 5.75 Å². The lowest BCUT2D eigenvalue weighted by Crippen LogP contribution is -2.48. The molecule has 146 valence electrons. The van der Waals surface area contributed by atoms with Gasteiger partial charge in [-0.05, 0) is 35.7 Å². The van der Waals surface area contributed by atoms with Crippen molar-refractivity contribution in [1.29, 1.82) is 0 Å². The third-order valence-corrected chi connectivity index (χ3v) is 6.07. The third-order valence-electron chi connectivity index (χ3n) is 4.23. The Morgan fingerprint density at radius 3 is 2.07 bits per heavy atom. The van der Waals surface area contributed by atoms with E-state index in [1.807, 2.05) is 30.3 Å². The van der Waals surface area contributed by atoms with Crippen molar-refractivity contribution >= 4 is 16.0 Å². The summed E-state index contributed by atoms with van der Waals surface area (Å²) in [4.78, 5) is 12.5. The Kier molecular flexibility index (Phi) is 6.98. The zero-order valence-electron chi connectivity index (χ0n) is 16.0. The number of carbonyl (C=O) groups is 1. The number of hydrogen-bond donors (Lipinski definition) is 0. The van der Waals surface area contributed by atoms with Gasteiger partial charge in [0.05, 0.1) is 19.1 Å². The molecule has 0 aliphatic rings. The van der Waals surface area contributed by atoms with E-state index in [2.05, 4.69) is 0 Å². The molecular formula is C20H25NO5S. The van der Waals surface area contributed by atoms with Gasteiger partial charge in [0.2, 0.25) is 10.0 Å². The second-order valence-corrected chi connectivity index (χ2v) is 8.31. The molecule has 0 aliphatic carbocycles. The highest BCUT2D eigenvalue weighted by Gasteiger charge is 2.38. The smallest absolute Gasteiger partial charge is 0.324 e. The minimum Gasteiger partial charge on any atom is -0.497 e. The van der Waals surface area contributed by atoms with E-state index in [9.17, 15) is 13.2 Å². The van der Waals surface area contributed by atoms with Gasteiger partial charge in [-0.2, -0.15) is 4.31 Å². The highest BCUT2D eigenvalue weighted by atomic mass is 32.2. The molecule has 2 aromatic rings. The Balaban J connectivity index is 2.53. The number of ether oxygens (including phenoxy) is 2. The van der Waals surface area contributed by atoms with Gasteiger partial charge in [-0.15, -0.1) is 0 Å². The highest BCUT2D eigenvalue weighted by molar-refractivity contribution is 7.89. The molecule has 0 fully saturated rings. The molecule has 27 heavy (non-hydrogen) atoms. The minimum atomic E-state index is -3.95. The topological polar surface area (TPSA) is 72.9 Å². The molecular weight excluding hydrogens is 366 g/mol. The standard InChI is InChI=1S/C20H25NO5S/c1-15(2)19(20(22)26-4)21(14-16-8-6-5-7-9-16)27(23,24)18-12-10-17(25-3)11-13-18/h5-13,15,19H,14H2,1-4H3/t19-/m1/s1. The molecule has 0 radical (unpaired) electrons. The van der Waals surface area contributed by atoms with Gasteiger partial charge in [0.15, 0.2) is 0 Å². The number of nitrogens with zero attached hydrogens (tertiary/aromatic N) is 1. The Bertz CT molecular complexity index is 848. The van der Waals surface area contributed by atoms with Gasteiger partial charge in [-0.25, -0.2) is 8.42 Å². The fraction of sp³-hybridized carbons (Fsp3) is 0.350. The van der Waals surface area contributed by atoms with Crippen LogP contribution < -0.4 is 4.74 Å². The van der Waals surface area contributed by atoms with Gasteiger partial charge in [0.25, 0.3) is 0 Å². The van der Waals surface area contributed by atoms with Crippen molar-refractivity contribution in [2.75, 3.05) is 14.2 Å². The number of rotatable bonds is 8. The van der Waals surface area contributed by atoms with E-state index in [0.29, 0.717) is 5.75 Å². The predicted molar refractivity (Wildman–Crippen MR) is 103 cm³/mol. The number of carbonyl (C=O) groups excluding carboxylic acids is 1. The zero-order valence-corrected chi connectivity index (χ0v) is 16.8. The molecule has 0 unspecified atom stereocenters. The molecule has 0 aromatic heterocycles. The highest BCUT2D eigenvalue weighted by Crippen LogP contribution is 2.26. The normalized spacial score (nSPS) is 12.8. The van der Waals surface area contributed by atoms with E-state index >= 15 is 0 Å². The fourth-order valence-electron chi connectivity index (χ4n) is 2.82. The summed E-state index contributed by atoms with van der Waals surface area (Å²) in [6, 6.07) is 14.3. The van der Waals surface area contributed by atoms with Crippen LogP contribution in [0.2, 0.25) is 0 Å². The quantitative estimate of drug-likeness (QED) is 0.647. The van der Waals surface area contributed by atoms with Crippen LogP contribution in [0.4, 0.5) is 0 Å². The first kappa shape index (κ1) is 20.9. The Morgan fingerprint density at radius 1 is 1.00 bits per heavy atom. The van der Waals surface area contributed by atoms with Crippen molar-refractivity contribution in [3.05, 3.63) is 60.2 Å². The lowest BCUT2D eigenvalue weighted by molar-refractivity contribution is -0.146. The van der Waals surface area contributed by atoms with Crippen LogP contribution in [-0.2, 0) is 26.1 Å². The number of esters is 1. The summed E-state index contributed by atoms with van der Waals surface area (Å²) < 4.78 is 38.0. The Hall–Kier alpha value is -2.38. The number of hydrogen-bond acceptors (Lipinski definition) is 5. The monoisotopic (exact) mass is 391 g/mol. The summed E-state index contributed by atoms with van der Waals surface area (Å²) >= 11 is 0. The molecule has 0 N–H and O–H groups in total. The largest absolute Gasteiger partial charge is 0.497 e. The van der Waals surface area contributed by atoms with Gasteiger partial charge in [0.1, 0.15) is 11.8 Å². The Morgan fingerprint density at radius 2 is 1.59 bits per heavy atom. The molecule has 0 heterocycles. The van der Waals surface area contributed by atoms with Crippen LogP contribution in [0.5, 0.6) is 5.75 Å². The van der Waals surface area contributed by atoms with E-state index in [-0.39, 0.29) is 17.4 Å². The molecule has 2 aromatic carbocycles. The minimum absolute atomic E-state index is 0.0626. The SMILES string of the molecule is COC(=O)[C@@H](C(C)C)N(Cc1ccccc1)S(=O)(=O)c1ccc(OC)cc1. The second-order valence-electron chi connectivity index (χ2n) is 6.42.